The highest BCUT2D eigenvalue weighted by Gasteiger charge is 2.22. The zero-order chi connectivity index (χ0) is 23.6. The summed E-state index contributed by atoms with van der Waals surface area (Å²) in [6, 6.07) is 23.2. The molecule has 0 aliphatic heterocycles. The maximum atomic E-state index is 13.4. The standard InChI is InChI=1S/C25H21BrN2O4S/c1-16-12-17(26)14-20(13-16)31-18-6-9-21(10-7-18)33(29,30)25-5-3-2-4-24(25)32-19-8-11-22(27)23(28)15-19/h2-15H,27-28H2,1H3. The molecule has 4 N–H and O–H groups in total. The van der Waals surface area contributed by atoms with E-state index in [1.165, 1.54) is 18.2 Å². The van der Waals surface area contributed by atoms with E-state index in [1.54, 1.807) is 48.5 Å². The van der Waals surface area contributed by atoms with Crippen LogP contribution in [-0.4, -0.2) is 8.42 Å². The minimum absolute atomic E-state index is 0.0386. The summed E-state index contributed by atoms with van der Waals surface area (Å²) in [4.78, 5) is 0.157. The number of nitrogens with two attached hydrogens (primary N) is 2. The van der Waals surface area contributed by atoms with Crippen LogP contribution in [0.1, 0.15) is 5.56 Å². The summed E-state index contributed by atoms with van der Waals surface area (Å²) in [6.45, 7) is 1.96. The number of hydrogen-bond donors (Lipinski definition) is 2. The van der Waals surface area contributed by atoms with Crippen molar-refractivity contribution in [3.63, 3.8) is 0 Å². The average Bonchev–Trinajstić information content (AvgIpc) is 2.76. The number of anilines is 2. The van der Waals surface area contributed by atoms with E-state index >= 15 is 0 Å². The molecule has 4 aromatic rings. The molecule has 4 rings (SSSR count). The van der Waals surface area contributed by atoms with Gasteiger partial charge in [-0.15, -0.1) is 0 Å². The molecule has 33 heavy (non-hydrogen) atoms. The zero-order valence-corrected chi connectivity index (χ0v) is 20.1. The number of rotatable bonds is 6. The number of nitrogen functional groups attached to an aromatic ring is 2. The molecule has 0 heterocycles. The highest BCUT2D eigenvalue weighted by atomic mass is 79.9. The molecular formula is C25H21BrN2O4S. The number of aryl methyl sites for hydroxylation is 1. The minimum Gasteiger partial charge on any atom is -0.457 e. The quantitative estimate of drug-likeness (QED) is 0.285. The fraction of sp³-hybridized carbons (Fsp3) is 0.0400. The number of ether oxygens (including phenoxy) is 2. The Morgan fingerprint density at radius 1 is 0.727 bits per heavy atom. The van der Waals surface area contributed by atoms with Crippen molar-refractivity contribution in [1.82, 2.24) is 0 Å². The molecule has 168 valence electrons. The third-order valence-electron chi connectivity index (χ3n) is 4.81. The van der Waals surface area contributed by atoms with Crippen LogP contribution >= 0.6 is 15.9 Å². The predicted molar refractivity (Wildman–Crippen MR) is 133 cm³/mol. The molecule has 0 aliphatic rings. The topological polar surface area (TPSA) is 105 Å². The first-order chi connectivity index (χ1) is 15.7. The second-order valence-electron chi connectivity index (χ2n) is 7.38. The predicted octanol–water partition coefficient (Wildman–Crippen LogP) is 6.34. The summed E-state index contributed by atoms with van der Waals surface area (Å²) in [6.07, 6.45) is 0. The first kappa shape index (κ1) is 22.7. The van der Waals surface area contributed by atoms with E-state index in [1.807, 2.05) is 25.1 Å². The van der Waals surface area contributed by atoms with Crippen molar-refractivity contribution in [3.8, 4) is 23.0 Å². The fourth-order valence-electron chi connectivity index (χ4n) is 3.21. The van der Waals surface area contributed by atoms with Gasteiger partial charge >= 0.3 is 0 Å². The monoisotopic (exact) mass is 524 g/mol. The molecule has 0 unspecified atom stereocenters. The third kappa shape index (κ3) is 5.13. The first-order valence-corrected chi connectivity index (χ1v) is 12.2. The Morgan fingerprint density at radius 2 is 1.42 bits per heavy atom. The Bertz CT molecular complexity index is 1400. The van der Waals surface area contributed by atoms with Gasteiger partial charge in [0, 0.05) is 10.5 Å². The van der Waals surface area contributed by atoms with Gasteiger partial charge in [-0.3, -0.25) is 0 Å². The van der Waals surface area contributed by atoms with Crippen LogP contribution in [0.15, 0.2) is 99.2 Å². The Balaban J connectivity index is 1.61. The Kier molecular flexibility index (Phi) is 6.31. The van der Waals surface area contributed by atoms with E-state index < -0.39 is 9.84 Å². The van der Waals surface area contributed by atoms with Crippen LogP contribution in [0.5, 0.6) is 23.0 Å². The molecule has 0 spiro atoms. The largest absolute Gasteiger partial charge is 0.457 e. The van der Waals surface area contributed by atoms with Crippen molar-refractivity contribution in [3.05, 3.63) is 95.0 Å². The van der Waals surface area contributed by atoms with Gasteiger partial charge in [0.1, 0.15) is 27.9 Å². The van der Waals surface area contributed by atoms with E-state index in [-0.39, 0.29) is 15.5 Å². The first-order valence-electron chi connectivity index (χ1n) is 9.94. The maximum Gasteiger partial charge on any atom is 0.210 e. The van der Waals surface area contributed by atoms with Gasteiger partial charge in [0.05, 0.1) is 16.3 Å². The van der Waals surface area contributed by atoms with Crippen molar-refractivity contribution in [2.45, 2.75) is 16.7 Å². The van der Waals surface area contributed by atoms with Gasteiger partial charge in [-0.25, -0.2) is 8.42 Å². The van der Waals surface area contributed by atoms with Crippen molar-refractivity contribution in [1.29, 1.82) is 0 Å². The average molecular weight is 525 g/mol. The fourth-order valence-corrected chi connectivity index (χ4v) is 5.18. The molecule has 0 fully saturated rings. The van der Waals surface area contributed by atoms with E-state index in [2.05, 4.69) is 15.9 Å². The normalized spacial score (nSPS) is 11.2. The molecule has 0 saturated heterocycles. The highest BCUT2D eigenvalue weighted by molar-refractivity contribution is 9.10. The molecule has 4 aromatic carbocycles. The van der Waals surface area contributed by atoms with Crippen LogP contribution in [-0.2, 0) is 9.84 Å². The summed E-state index contributed by atoms with van der Waals surface area (Å²) in [5.41, 5.74) is 13.4. The lowest BCUT2D eigenvalue weighted by Gasteiger charge is -2.13. The van der Waals surface area contributed by atoms with Gasteiger partial charge in [-0.05, 0) is 79.2 Å². The Labute approximate surface area is 200 Å². The van der Waals surface area contributed by atoms with Gasteiger partial charge < -0.3 is 20.9 Å². The lowest BCUT2D eigenvalue weighted by Crippen LogP contribution is -2.04. The summed E-state index contributed by atoms with van der Waals surface area (Å²) in [7, 11) is -3.86. The van der Waals surface area contributed by atoms with Crippen molar-refractivity contribution in [2.24, 2.45) is 0 Å². The number of halogens is 1. The third-order valence-corrected chi connectivity index (χ3v) is 7.08. The number of para-hydroxylation sites is 1. The van der Waals surface area contributed by atoms with Gasteiger partial charge in [0.15, 0.2) is 0 Å². The Hall–Kier alpha value is -3.49. The molecule has 0 bridgehead atoms. The van der Waals surface area contributed by atoms with Crippen LogP contribution in [0, 0.1) is 6.92 Å². The van der Waals surface area contributed by atoms with Crippen LogP contribution in [0.3, 0.4) is 0 Å². The molecule has 0 saturated carbocycles. The van der Waals surface area contributed by atoms with Crippen LogP contribution in [0.2, 0.25) is 0 Å². The number of hydrogen-bond acceptors (Lipinski definition) is 6. The van der Waals surface area contributed by atoms with Crippen LogP contribution in [0.25, 0.3) is 0 Å². The molecule has 0 atom stereocenters. The Morgan fingerprint density at radius 3 is 2.12 bits per heavy atom. The van der Waals surface area contributed by atoms with Gasteiger partial charge in [0.25, 0.3) is 0 Å². The van der Waals surface area contributed by atoms with Crippen molar-refractivity contribution >= 4 is 37.1 Å². The lowest BCUT2D eigenvalue weighted by atomic mass is 10.2. The van der Waals surface area contributed by atoms with Crippen LogP contribution < -0.4 is 20.9 Å². The second-order valence-corrected chi connectivity index (χ2v) is 10.2. The number of sulfone groups is 1. The van der Waals surface area contributed by atoms with Gasteiger partial charge in [-0.2, -0.15) is 0 Å². The number of benzene rings is 4. The van der Waals surface area contributed by atoms with E-state index in [0.29, 0.717) is 28.6 Å². The van der Waals surface area contributed by atoms with E-state index in [0.717, 1.165) is 10.0 Å². The van der Waals surface area contributed by atoms with Crippen molar-refractivity contribution in [2.75, 3.05) is 11.5 Å². The van der Waals surface area contributed by atoms with E-state index in [4.69, 9.17) is 20.9 Å². The highest BCUT2D eigenvalue weighted by Crippen LogP contribution is 2.35. The second kappa shape index (κ2) is 9.17. The minimum atomic E-state index is -3.86. The van der Waals surface area contributed by atoms with Gasteiger partial charge in [0.2, 0.25) is 9.84 Å². The van der Waals surface area contributed by atoms with E-state index in [9.17, 15) is 8.42 Å². The SMILES string of the molecule is Cc1cc(Br)cc(Oc2ccc(S(=O)(=O)c3ccccc3Oc3ccc(N)c(N)c3)cc2)c1. The zero-order valence-electron chi connectivity index (χ0n) is 17.7. The lowest BCUT2D eigenvalue weighted by molar-refractivity contribution is 0.468. The summed E-state index contributed by atoms with van der Waals surface area (Å²) >= 11 is 3.44. The summed E-state index contributed by atoms with van der Waals surface area (Å²) in [5.74, 6) is 1.75. The smallest absolute Gasteiger partial charge is 0.210 e. The molecule has 0 aliphatic carbocycles. The van der Waals surface area contributed by atoms with Gasteiger partial charge in [-0.1, -0.05) is 28.1 Å². The molecular weight excluding hydrogens is 504 g/mol. The summed E-state index contributed by atoms with van der Waals surface area (Å²) in [5, 5.41) is 0. The summed E-state index contributed by atoms with van der Waals surface area (Å²) < 4.78 is 39.3. The maximum absolute atomic E-state index is 13.4. The molecule has 0 amide bonds. The molecule has 8 heteroatoms. The molecule has 0 aromatic heterocycles. The van der Waals surface area contributed by atoms with Crippen molar-refractivity contribution < 1.29 is 17.9 Å². The molecule has 6 nitrogen and oxygen atoms in total. The molecule has 0 radical (unpaired) electrons. The van der Waals surface area contributed by atoms with Crippen LogP contribution in [0.4, 0.5) is 11.4 Å².